The number of thiophene rings is 1. The van der Waals surface area contributed by atoms with Crippen LogP contribution in [0.1, 0.15) is 22.4 Å². The molecule has 3 aromatic rings. The number of carbonyl (C=O) groups excluding carboxylic acids is 1. The molecule has 0 N–H and O–H groups in total. The molecule has 0 fully saturated rings. The zero-order chi connectivity index (χ0) is 23.6. The Labute approximate surface area is 184 Å². The van der Waals surface area contributed by atoms with Crippen LogP contribution in [-0.2, 0) is 17.9 Å². The Morgan fingerprint density at radius 3 is 2.62 bits per heavy atom. The van der Waals surface area contributed by atoms with E-state index in [1.807, 2.05) is 6.92 Å². The van der Waals surface area contributed by atoms with Crippen LogP contribution in [0, 0.1) is 24.0 Å². The lowest BCUT2D eigenvalue weighted by Gasteiger charge is -2.24. The van der Waals surface area contributed by atoms with Crippen LogP contribution in [-0.4, -0.2) is 38.0 Å². The predicted molar refractivity (Wildman–Crippen MR) is 113 cm³/mol. The molecule has 0 unspecified atom stereocenters. The molecule has 0 saturated carbocycles. The van der Waals surface area contributed by atoms with E-state index >= 15 is 0 Å². The molecule has 3 rings (SSSR count). The second-order valence-corrected chi connectivity index (χ2v) is 8.41. The SMILES string of the molecule is Cc1sc2ncn(CCC(=O)N(Cc3ccccc3[N+](=O)[O-])CC(F)(F)F)c(=O)c2c1C. The van der Waals surface area contributed by atoms with E-state index in [0.29, 0.717) is 15.1 Å². The fraction of sp³-hybridized carbons (Fsp3) is 0.350. The van der Waals surface area contributed by atoms with Crippen molar-refractivity contribution >= 4 is 33.1 Å². The van der Waals surface area contributed by atoms with Crippen LogP contribution in [0.4, 0.5) is 18.9 Å². The maximum atomic E-state index is 13.1. The summed E-state index contributed by atoms with van der Waals surface area (Å²) in [6.45, 7) is 1.33. The normalized spacial score (nSPS) is 11.7. The maximum Gasteiger partial charge on any atom is 0.406 e. The highest BCUT2D eigenvalue weighted by atomic mass is 32.1. The highest BCUT2D eigenvalue weighted by Crippen LogP contribution is 2.26. The monoisotopic (exact) mass is 468 g/mol. The quantitative estimate of drug-likeness (QED) is 0.386. The number of nitro benzene ring substituents is 1. The van der Waals surface area contributed by atoms with E-state index in [1.165, 1.54) is 40.4 Å². The number of hydrogen-bond donors (Lipinski definition) is 0. The second-order valence-electron chi connectivity index (χ2n) is 7.21. The van der Waals surface area contributed by atoms with Crippen molar-refractivity contribution in [2.45, 2.75) is 39.5 Å². The fourth-order valence-electron chi connectivity index (χ4n) is 3.28. The largest absolute Gasteiger partial charge is 0.406 e. The van der Waals surface area contributed by atoms with Crippen LogP contribution in [0.25, 0.3) is 10.2 Å². The van der Waals surface area contributed by atoms with Crippen LogP contribution in [0.5, 0.6) is 0 Å². The standard InChI is InChI=1S/C20H19F3N4O4S/c1-12-13(2)32-18-17(12)19(29)25(11-24-18)8-7-16(28)26(10-20(21,22)23)9-14-5-3-4-6-15(14)27(30)31/h3-6,11H,7-10H2,1-2H3. The Kier molecular flexibility index (Phi) is 6.63. The third-order valence-electron chi connectivity index (χ3n) is 4.99. The first-order chi connectivity index (χ1) is 15.0. The van der Waals surface area contributed by atoms with Gasteiger partial charge in [-0.15, -0.1) is 11.3 Å². The number of amides is 1. The molecule has 1 amide bonds. The van der Waals surface area contributed by atoms with Gasteiger partial charge in [-0.2, -0.15) is 13.2 Å². The molecule has 0 aliphatic heterocycles. The number of aromatic nitrogens is 2. The molecule has 2 heterocycles. The summed E-state index contributed by atoms with van der Waals surface area (Å²) < 4.78 is 40.4. The summed E-state index contributed by atoms with van der Waals surface area (Å²) in [4.78, 5) is 42.1. The lowest BCUT2D eigenvalue weighted by atomic mass is 10.1. The molecular formula is C20H19F3N4O4S. The summed E-state index contributed by atoms with van der Waals surface area (Å²) >= 11 is 1.36. The first-order valence-corrected chi connectivity index (χ1v) is 10.3. The van der Waals surface area contributed by atoms with E-state index in [-0.39, 0.29) is 23.4 Å². The third-order valence-corrected chi connectivity index (χ3v) is 6.11. The van der Waals surface area contributed by atoms with Crippen LogP contribution in [0.15, 0.2) is 35.4 Å². The minimum absolute atomic E-state index is 0.0141. The fourth-order valence-corrected chi connectivity index (χ4v) is 4.27. The van der Waals surface area contributed by atoms with E-state index in [9.17, 15) is 32.9 Å². The van der Waals surface area contributed by atoms with Crippen molar-refractivity contribution in [3.8, 4) is 0 Å². The molecule has 0 bridgehead atoms. The van der Waals surface area contributed by atoms with Gasteiger partial charge in [0.15, 0.2) is 0 Å². The first-order valence-electron chi connectivity index (χ1n) is 9.50. The number of alkyl halides is 3. The van der Waals surface area contributed by atoms with Crippen LogP contribution < -0.4 is 5.56 Å². The molecule has 0 atom stereocenters. The topological polar surface area (TPSA) is 98.3 Å². The molecule has 0 aliphatic rings. The number of fused-ring (bicyclic) bond motifs is 1. The van der Waals surface area contributed by atoms with Gasteiger partial charge in [0.2, 0.25) is 5.91 Å². The summed E-state index contributed by atoms with van der Waals surface area (Å²) in [7, 11) is 0. The number of nitro groups is 1. The van der Waals surface area contributed by atoms with Crippen LogP contribution >= 0.6 is 11.3 Å². The molecule has 8 nitrogen and oxygen atoms in total. The lowest BCUT2D eigenvalue weighted by molar-refractivity contribution is -0.385. The van der Waals surface area contributed by atoms with Gasteiger partial charge in [0.1, 0.15) is 11.4 Å². The van der Waals surface area contributed by atoms with Crippen molar-refractivity contribution in [3.63, 3.8) is 0 Å². The molecule has 0 radical (unpaired) electrons. The number of halogens is 3. The summed E-state index contributed by atoms with van der Waals surface area (Å²) in [5, 5.41) is 11.6. The van der Waals surface area contributed by atoms with Crippen LogP contribution in [0.3, 0.4) is 0 Å². The van der Waals surface area contributed by atoms with Crippen molar-refractivity contribution in [2.75, 3.05) is 6.54 Å². The van der Waals surface area contributed by atoms with Gasteiger partial charge < -0.3 is 4.90 Å². The van der Waals surface area contributed by atoms with Gasteiger partial charge >= 0.3 is 6.18 Å². The summed E-state index contributed by atoms with van der Waals surface area (Å²) in [5.74, 6) is -0.884. The molecule has 0 saturated heterocycles. The van der Waals surface area contributed by atoms with Gasteiger partial charge in [0.05, 0.1) is 23.2 Å². The molecule has 12 heteroatoms. The number of benzene rings is 1. The predicted octanol–water partition coefficient (Wildman–Crippen LogP) is 3.96. The minimum atomic E-state index is -4.69. The number of aryl methyl sites for hydroxylation is 3. The molecule has 0 aliphatic carbocycles. The molecule has 170 valence electrons. The van der Waals surface area contributed by atoms with Crippen molar-refractivity contribution in [1.29, 1.82) is 0 Å². The van der Waals surface area contributed by atoms with E-state index in [0.717, 1.165) is 16.5 Å². The number of rotatable bonds is 7. The lowest BCUT2D eigenvalue weighted by Crippen LogP contribution is -2.39. The summed E-state index contributed by atoms with van der Waals surface area (Å²) in [6, 6.07) is 5.31. The zero-order valence-electron chi connectivity index (χ0n) is 17.2. The highest BCUT2D eigenvalue weighted by Gasteiger charge is 2.33. The van der Waals surface area contributed by atoms with E-state index in [1.54, 1.807) is 6.92 Å². The highest BCUT2D eigenvalue weighted by molar-refractivity contribution is 7.18. The van der Waals surface area contributed by atoms with Gasteiger partial charge in [0, 0.05) is 29.5 Å². The van der Waals surface area contributed by atoms with Gasteiger partial charge in [-0.1, -0.05) is 18.2 Å². The number of para-hydroxylation sites is 1. The van der Waals surface area contributed by atoms with Gasteiger partial charge in [0.25, 0.3) is 11.2 Å². The van der Waals surface area contributed by atoms with Gasteiger partial charge in [-0.3, -0.25) is 24.3 Å². The Morgan fingerprint density at radius 2 is 1.97 bits per heavy atom. The average Bonchev–Trinajstić information content (AvgIpc) is 3.00. The minimum Gasteiger partial charge on any atom is -0.329 e. The Hall–Kier alpha value is -3.28. The number of nitrogens with zero attached hydrogens (tertiary/aromatic N) is 4. The zero-order valence-corrected chi connectivity index (χ0v) is 18.0. The van der Waals surface area contributed by atoms with Gasteiger partial charge in [-0.25, -0.2) is 4.98 Å². The Bertz CT molecular complexity index is 1240. The van der Waals surface area contributed by atoms with E-state index in [2.05, 4.69) is 4.98 Å². The molecule has 2 aromatic heterocycles. The second kappa shape index (κ2) is 9.07. The number of hydrogen-bond acceptors (Lipinski definition) is 6. The van der Waals surface area contributed by atoms with Crippen LogP contribution in [0.2, 0.25) is 0 Å². The van der Waals surface area contributed by atoms with E-state index in [4.69, 9.17) is 0 Å². The van der Waals surface area contributed by atoms with Crippen molar-refractivity contribution in [1.82, 2.24) is 14.5 Å². The Balaban J connectivity index is 1.83. The number of carbonyl (C=O) groups is 1. The van der Waals surface area contributed by atoms with E-state index < -0.39 is 36.5 Å². The first kappa shape index (κ1) is 23.4. The smallest absolute Gasteiger partial charge is 0.329 e. The molecule has 32 heavy (non-hydrogen) atoms. The molecule has 0 spiro atoms. The molecule has 1 aromatic carbocycles. The van der Waals surface area contributed by atoms with Crippen molar-refractivity contribution < 1.29 is 22.9 Å². The van der Waals surface area contributed by atoms with Crippen molar-refractivity contribution in [2.24, 2.45) is 0 Å². The van der Waals surface area contributed by atoms with Crippen molar-refractivity contribution in [3.05, 3.63) is 67.1 Å². The third kappa shape index (κ3) is 5.13. The average molecular weight is 468 g/mol. The maximum absolute atomic E-state index is 13.1. The Morgan fingerprint density at radius 1 is 1.28 bits per heavy atom. The van der Waals surface area contributed by atoms with Gasteiger partial charge in [-0.05, 0) is 19.4 Å². The molecular weight excluding hydrogens is 449 g/mol. The summed E-state index contributed by atoms with van der Waals surface area (Å²) in [5.41, 5.74) is 0.0188. The summed E-state index contributed by atoms with van der Waals surface area (Å²) in [6.07, 6.45) is -3.82.